The fraction of sp³-hybridized carbons (Fsp3) is 0.156. The van der Waals surface area contributed by atoms with E-state index < -0.39 is 5.97 Å². The van der Waals surface area contributed by atoms with Crippen molar-refractivity contribution in [3.63, 3.8) is 0 Å². The number of rotatable bonds is 8. The molecule has 41 heavy (non-hydrogen) atoms. The van der Waals surface area contributed by atoms with E-state index in [2.05, 4.69) is 59.1 Å². The molecule has 0 aliphatic heterocycles. The van der Waals surface area contributed by atoms with E-state index in [4.69, 9.17) is 14.2 Å². The molecule has 3 aromatic heterocycles. The quantitative estimate of drug-likeness (QED) is 0.0995. The molecule has 2 aromatic carbocycles. The number of fused-ring (bicyclic) bond motifs is 1. The first-order chi connectivity index (χ1) is 19.1. The van der Waals surface area contributed by atoms with Gasteiger partial charge in [0, 0.05) is 30.7 Å². The van der Waals surface area contributed by atoms with Crippen LogP contribution in [0.3, 0.4) is 0 Å². The van der Waals surface area contributed by atoms with Gasteiger partial charge in [0.2, 0.25) is 11.3 Å². The molecular formula is C32H33I2N2O4P. The number of para-hydroxylation sites is 1. The Morgan fingerprint density at radius 3 is 2.17 bits per heavy atom. The molecule has 3 heterocycles. The predicted molar refractivity (Wildman–Crippen MR) is 157 cm³/mol. The van der Waals surface area contributed by atoms with Crippen molar-refractivity contribution in [1.29, 1.82) is 0 Å². The summed E-state index contributed by atoms with van der Waals surface area (Å²) in [7, 11) is 3.41. The van der Waals surface area contributed by atoms with Crippen molar-refractivity contribution >= 4 is 37.2 Å². The zero-order valence-corrected chi connectivity index (χ0v) is 28.5. The molecule has 6 nitrogen and oxygen atoms in total. The van der Waals surface area contributed by atoms with Crippen molar-refractivity contribution in [3.8, 4) is 17.2 Å². The molecular weight excluding hydrogens is 761 g/mol. The first kappa shape index (κ1) is 34.3. The highest BCUT2D eigenvalue weighted by molar-refractivity contribution is 7.31. The van der Waals surface area contributed by atoms with Gasteiger partial charge in [0.25, 0.3) is 0 Å². The number of ether oxygens (including phenoxy) is 3. The summed E-state index contributed by atoms with van der Waals surface area (Å²) in [5.41, 5.74) is 3.20. The average Bonchev–Trinajstić information content (AvgIpc) is 3.54. The van der Waals surface area contributed by atoms with E-state index in [0.717, 1.165) is 24.1 Å². The molecule has 0 saturated heterocycles. The molecule has 214 valence electrons. The number of hydrogen-bond acceptors (Lipinski definition) is 4. The number of carbonyl (C=O) groups excluding carboxylic acids is 1. The molecule has 1 atom stereocenters. The van der Waals surface area contributed by atoms with Gasteiger partial charge in [0.1, 0.15) is 6.54 Å². The topological polar surface area (TPSA) is 62.8 Å². The van der Waals surface area contributed by atoms with Crippen molar-refractivity contribution < 1.29 is 76.5 Å². The number of methoxy groups -OCH3 is 2. The van der Waals surface area contributed by atoms with Crippen LogP contribution in [0.1, 0.15) is 34.6 Å². The Morgan fingerprint density at radius 1 is 0.902 bits per heavy atom. The van der Waals surface area contributed by atoms with E-state index in [1.54, 1.807) is 20.3 Å². The van der Waals surface area contributed by atoms with Gasteiger partial charge in [0.05, 0.1) is 24.9 Å². The Kier molecular flexibility index (Phi) is 14.8. The van der Waals surface area contributed by atoms with Crippen LogP contribution in [-0.2, 0) is 6.54 Å². The molecule has 0 aliphatic carbocycles. The number of aromatic amines is 1. The molecule has 0 radical (unpaired) electrons. The summed E-state index contributed by atoms with van der Waals surface area (Å²) < 4.78 is 19.0. The van der Waals surface area contributed by atoms with E-state index in [-0.39, 0.29) is 53.7 Å². The van der Waals surface area contributed by atoms with Crippen LogP contribution in [0.25, 0.3) is 23.1 Å². The molecule has 5 aromatic rings. The lowest BCUT2D eigenvalue weighted by molar-refractivity contribution is -0.671. The minimum Gasteiger partial charge on any atom is -1.00 e. The molecule has 0 bridgehead atoms. The molecule has 9 heteroatoms. The van der Waals surface area contributed by atoms with Gasteiger partial charge < -0.3 is 62.2 Å². The Hall–Kier alpha value is -2.95. The third kappa shape index (κ3) is 9.28. The van der Waals surface area contributed by atoms with E-state index in [0.29, 0.717) is 25.0 Å². The Labute approximate surface area is 276 Å². The summed E-state index contributed by atoms with van der Waals surface area (Å²) in [6.45, 7) is 3.16. The average molecular weight is 794 g/mol. The van der Waals surface area contributed by atoms with Gasteiger partial charge in [-0.3, -0.25) is 0 Å². The molecule has 1 unspecified atom stereocenters. The summed E-state index contributed by atoms with van der Waals surface area (Å²) in [6, 6.07) is 23.7. The predicted octanol–water partition coefficient (Wildman–Crippen LogP) is 0.484. The fourth-order valence-electron chi connectivity index (χ4n) is 4.12. The lowest BCUT2D eigenvalue weighted by atomic mass is 10.1. The number of hydrogen-bond donors (Lipinski definition) is 0. The van der Waals surface area contributed by atoms with Crippen molar-refractivity contribution in [2.24, 2.45) is 0 Å². The third-order valence-electron chi connectivity index (χ3n) is 5.98. The number of aromatic nitrogens is 2. The zero-order chi connectivity index (χ0) is 27.5. The monoisotopic (exact) mass is 794 g/mol. The first-order valence-corrected chi connectivity index (χ1v) is 13.8. The lowest BCUT2D eigenvalue weighted by Gasteiger charge is -2.14. The van der Waals surface area contributed by atoms with Gasteiger partial charge in [-0.15, -0.1) is 8.19 Å². The maximum absolute atomic E-state index is 12.5. The Balaban J connectivity index is 0.000000654. The fourth-order valence-corrected chi connectivity index (χ4v) is 4.85. The summed E-state index contributed by atoms with van der Waals surface area (Å²) in [6.07, 6.45) is 11.0. The van der Waals surface area contributed by atoms with Crippen LogP contribution in [0.4, 0.5) is 0 Å². The minimum absolute atomic E-state index is 0. The number of halogens is 2. The van der Waals surface area contributed by atoms with Crippen molar-refractivity contribution in [2.75, 3.05) is 14.2 Å². The number of benzene rings is 2. The maximum atomic E-state index is 12.5. The van der Waals surface area contributed by atoms with Gasteiger partial charge in [-0.25, -0.2) is 9.78 Å². The summed E-state index contributed by atoms with van der Waals surface area (Å²) in [4.78, 5) is 15.4. The van der Waals surface area contributed by atoms with Gasteiger partial charge >= 0.3 is 5.97 Å². The van der Waals surface area contributed by atoms with Crippen LogP contribution in [0.2, 0.25) is 0 Å². The minimum atomic E-state index is -0.394. The molecule has 0 fully saturated rings. The highest BCUT2D eigenvalue weighted by Crippen LogP contribution is 2.40. The van der Waals surface area contributed by atoms with Gasteiger partial charge in [-0.1, -0.05) is 43.3 Å². The first-order valence-electron chi connectivity index (χ1n) is 12.8. The summed E-state index contributed by atoms with van der Waals surface area (Å²) in [5, 5.41) is 1.81. The molecule has 0 saturated carbocycles. The number of esters is 1. The van der Waals surface area contributed by atoms with Crippen LogP contribution >= 0.6 is 8.19 Å². The summed E-state index contributed by atoms with van der Waals surface area (Å²) >= 11 is 0. The smallest absolute Gasteiger partial charge is 0.347 e. The zero-order valence-electron chi connectivity index (χ0n) is 23.1. The molecule has 0 spiro atoms. The molecule has 1 N–H and O–H groups in total. The maximum Gasteiger partial charge on any atom is 0.347 e. The second-order valence-corrected chi connectivity index (χ2v) is 9.78. The van der Waals surface area contributed by atoms with Crippen LogP contribution in [0, 0.1) is 0 Å². The molecule has 5 rings (SSSR count). The normalized spacial score (nSPS) is 10.3. The van der Waals surface area contributed by atoms with Crippen LogP contribution in [-0.4, -0.2) is 20.2 Å². The summed E-state index contributed by atoms with van der Waals surface area (Å²) in [5.74, 6) is 2.71. The van der Waals surface area contributed by atoms with Gasteiger partial charge in [0.15, 0.2) is 30.1 Å². The molecule has 0 amide bonds. The standard InChI is InChI=1S/C27H27NO4P.C5H5N.2HI/c1-4-14-28-15-13-20(21-8-5-6-9-22(21)28)12-11-19-17-23(30-2)26(24(18-19)31-3)32-27(29)25-10-7-16-33-25;1-2-4-6-5-3-1;;/h5-13,15-18,33H,4,14H2,1-3H3;1-5H;2*1H/q+1;;;/p-1. The SMILES string of the molecule is CCC[n+]1ccc(C=Cc2cc(OC)c(OC(=O)c3ccc[pH]3)c(OC)c2)c2ccccc21.[I-].[I-].c1cc[nH+]cc1. The van der Waals surface area contributed by atoms with Crippen LogP contribution < -0.4 is 71.7 Å². The second-order valence-electron chi connectivity index (χ2n) is 8.62. The van der Waals surface area contributed by atoms with Crippen LogP contribution in [0.5, 0.6) is 17.2 Å². The van der Waals surface area contributed by atoms with E-state index >= 15 is 0 Å². The van der Waals surface area contributed by atoms with Gasteiger partial charge in [-0.05, 0) is 41.2 Å². The number of pyridine rings is 2. The lowest BCUT2D eigenvalue weighted by Crippen LogP contribution is -3.00. The van der Waals surface area contributed by atoms with E-state index in [9.17, 15) is 4.79 Å². The van der Waals surface area contributed by atoms with Crippen molar-refractivity contribution in [1.82, 2.24) is 0 Å². The third-order valence-corrected chi connectivity index (χ3v) is 7.02. The van der Waals surface area contributed by atoms with Crippen molar-refractivity contribution in [2.45, 2.75) is 19.9 Å². The van der Waals surface area contributed by atoms with E-state index in [1.165, 1.54) is 10.9 Å². The molecule has 0 aliphatic rings. The second kappa shape index (κ2) is 17.8. The number of H-pyrrole nitrogens is 1. The number of aryl methyl sites for hydroxylation is 1. The number of nitrogens with one attached hydrogen (secondary N) is 1. The van der Waals surface area contributed by atoms with Gasteiger partial charge in [-0.2, -0.15) is 4.57 Å². The Bertz CT molecular complexity index is 1490. The Morgan fingerprint density at radius 2 is 1.61 bits per heavy atom. The number of nitrogens with zero attached hydrogens (tertiary/aromatic N) is 1. The van der Waals surface area contributed by atoms with Crippen molar-refractivity contribution in [3.05, 3.63) is 114 Å². The van der Waals surface area contributed by atoms with E-state index in [1.807, 2.05) is 60.7 Å². The van der Waals surface area contributed by atoms with Crippen LogP contribution in [0.15, 0.2) is 97.2 Å². The number of carbonyl (C=O) groups is 1. The highest BCUT2D eigenvalue weighted by atomic mass is 127. The largest absolute Gasteiger partial charge is 1.00 e. The highest BCUT2D eigenvalue weighted by Gasteiger charge is 2.19.